The maximum absolute atomic E-state index is 9.74. The van der Waals surface area contributed by atoms with Gasteiger partial charge in [-0.3, -0.25) is 20.2 Å². The Morgan fingerprint density at radius 2 is 1.80 bits per heavy atom. The number of nitrogens with zero attached hydrogens (tertiary/aromatic N) is 3. The summed E-state index contributed by atoms with van der Waals surface area (Å²) in [5.74, 6) is 0. The van der Waals surface area contributed by atoms with Crippen molar-refractivity contribution < 1.29 is 9.85 Å². The lowest BCUT2D eigenvalue weighted by molar-refractivity contribution is -0.740. The maximum Gasteiger partial charge on any atom is 0.463 e. The highest BCUT2D eigenvalue weighted by molar-refractivity contribution is 4.69. The number of nitro groups is 2. The van der Waals surface area contributed by atoms with E-state index in [0.717, 1.165) is 0 Å². The molecular formula is C3H3N3O4. The van der Waals surface area contributed by atoms with Crippen LogP contribution in [-0.2, 0) is 0 Å². The average Bonchev–Trinajstić information content (AvgIpc) is 1.81. The molecule has 0 saturated heterocycles. The summed E-state index contributed by atoms with van der Waals surface area (Å²) in [4.78, 5) is 17.3. The molecule has 0 spiro atoms. The quantitative estimate of drug-likeness (QED) is 0.309. The molecule has 10 heavy (non-hydrogen) atoms. The van der Waals surface area contributed by atoms with Gasteiger partial charge in [0.2, 0.25) is 0 Å². The number of rotatable bonds is 3. The minimum Gasteiger partial charge on any atom is -0.259 e. The van der Waals surface area contributed by atoms with Gasteiger partial charge in [-0.05, 0) is 0 Å². The van der Waals surface area contributed by atoms with Crippen LogP contribution in [0.5, 0.6) is 0 Å². The van der Waals surface area contributed by atoms with E-state index in [1.165, 1.54) is 6.07 Å². The molecule has 0 unspecified atom stereocenters. The molecule has 0 aromatic heterocycles. The van der Waals surface area contributed by atoms with E-state index in [1.807, 2.05) is 0 Å². The van der Waals surface area contributed by atoms with Gasteiger partial charge >= 0.3 is 6.17 Å². The molecule has 0 aliphatic carbocycles. The van der Waals surface area contributed by atoms with Gasteiger partial charge in [-0.15, -0.1) is 0 Å². The van der Waals surface area contributed by atoms with E-state index in [9.17, 15) is 20.2 Å². The van der Waals surface area contributed by atoms with Gasteiger partial charge in [0.25, 0.3) is 0 Å². The fourth-order valence-electron chi connectivity index (χ4n) is 0.308. The smallest absolute Gasteiger partial charge is 0.259 e. The molecule has 0 rings (SSSR count). The van der Waals surface area contributed by atoms with E-state index in [1.54, 1.807) is 0 Å². The van der Waals surface area contributed by atoms with Gasteiger partial charge in [0.15, 0.2) is 6.42 Å². The van der Waals surface area contributed by atoms with E-state index < -0.39 is 22.4 Å². The maximum atomic E-state index is 9.74. The summed E-state index contributed by atoms with van der Waals surface area (Å²) in [6.45, 7) is 0. The van der Waals surface area contributed by atoms with Crippen LogP contribution in [0.1, 0.15) is 6.42 Å². The van der Waals surface area contributed by atoms with Crippen molar-refractivity contribution in [1.29, 1.82) is 5.26 Å². The van der Waals surface area contributed by atoms with E-state index in [4.69, 9.17) is 5.26 Å². The summed E-state index contributed by atoms with van der Waals surface area (Å²) in [7, 11) is 0. The summed E-state index contributed by atoms with van der Waals surface area (Å²) in [6, 6.07) is 1.35. The molecule has 0 aromatic carbocycles. The van der Waals surface area contributed by atoms with Gasteiger partial charge in [0.1, 0.15) is 0 Å². The highest BCUT2D eigenvalue weighted by Gasteiger charge is 2.31. The summed E-state index contributed by atoms with van der Waals surface area (Å²) < 4.78 is 0. The van der Waals surface area contributed by atoms with Crippen molar-refractivity contribution in [1.82, 2.24) is 0 Å². The molecule has 0 bridgehead atoms. The summed E-state index contributed by atoms with van der Waals surface area (Å²) in [6.07, 6.45) is -2.68. The third-order valence-electron chi connectivity index (χ3n) is 0.761. The molecular weight excluding hydrogens is 142 g/mol. The molecule has 0 fully saturated rings. The van der Waals surface area contributed by atoms with Gasteiger partial charge in [0, 0.05) is 0 Å². The Morgan fingerprint density at radius 1 is 1.40 bits per heavy atom. The monoisotopic (exact) mass is 145 g/mol. The van der Waals surface area contributed by atoms with Crippen LogP contribution in [0.2, 0.25) is 0 Å². The van der Waals surface area contributed by atoms with Crippen molar-refractivity contribution in [2.75, 3.05) is 0 Å². The zero-order valence-electron chi connectivity index (χ0n) is 4.76. The van der Waals surface area contributed by atoms with Crippen LogP contribution >= 0.6 is 0 Å². The molecule has 0 aliphatic rings. The normalized spacial score (nSPS) is 8.80. The number of hydrogen-bond donors (Lipinski definition) is 0. The molecule has 0 atom stereocenters. The Kier molecular flexibility index (Phi) is 2.77. The number of hydrogen-bond acceptors (Lipinski definition) is 5. The Morgan fingerprint density at radius 3 is 1.90 bits per heavy atom. The standard InChI is InChI=1S/C3H3N3O4/c4-2-1-3(5(7)8)6(9)10/h3H,1H2. The first-order valence-corrected chi connectivity index (χ1v) is 2.23. The molecule has 0 amide bonds. The molecule has 0 N–H and O–H groups in total. The predicted molar refractivity (Wildman–Crippen MR) is 28.0 cm³/mol. The fourth-order valence-corrected chi connectivity index (χ4v) is 0.308. The highest BCUT2D eigenvalue weighted by atomic mass is 16.7. The fraction of sp³-hybridized carbons (Fsp3) is 0.667. The second-order valence-electron chi connectivity index (χ2n) is 1.41. The minimum atomic E-state index is -1.98. The lowest BCUT2D eigenvalue weighted by atomic mass is 10.4. The third-order valence-corrected chi connectivity index (χ3v) is 0.761. The Balaban J connectivity index is 4.15. The zero-order chi connectivity index (χ0) is 8.15. The molecule has 0 aromatic rings. The van der Waals surface area contributed by atoms with Crippen LogP contribution in [0.25, 0.3) is 0 Å². The van der Waals surface area contributed by atoms with Crippen molar-refractivity contribution in [2.45, 2.75) is 12.6 Å². The summed E-state index contributed by atoms with van der Waals surface area (Å²) >= 11 is 0. The third kappa shape index (κ3) is 2.04. The Bertz CT molecular complexity index is 180. The summed E-state index contributed by atoms with van der Waals surface area (Å²) in [5.41, 5.74) is 0. The van der Waals surface area contributed by atoms with Crippen LogP contribution in [0.3, 0.4) is 0 Å². The van der Waals surface area contributed by atoms with Crippen LogP contribution in [0, 0.1) is 31.6 Å². The first kappa shape index (κ1) is 8.29. The highest BCUT2D eigenvalue weighted by Crippen LogP contribution is 1.95. The van der Waals surface area contributed by atoms with Crippen LogP contribution in [0.4, 0.5) is 0 Å². The molecule has 0 saturated carbocycles. The summed E-state index contributed by atoms with van der Waals surface area (Å²) in [5, 5.41) is 27.4. The number of nitriles is 1. The van der Waals surface area contributed by atoms with Gasteiger partial charge in [0.05, 0.1) is 15.9 Å². The second-order valence-corrected chi connectivity index (χ2v) is 1.41. The molecule has 0 heterocycles. The predicted octanol–water partition coefficient (Wildman–Crippen LogP) is -0.220. The van der Waals surface area contributed by atoms with Crippen molar-refractivity contribution in [3.63, 3.8) is 0 Å². The van der Waals surface area contributed by atoms with Crippen molar-refractivity contribution in [3.8, 4) is 6.07 Å². The van der Waals surface area contributed by atoms with Crippen molar-refractivity contribution in [3.05, 3.63) is 20.2 Å². The first-order valence-electron chi connectivity index (χ1n) is 2.23. The first-order chi connectivity index (χ1) is 4.59. The average molecular weight is 145 g/mol. The van der Waals surface area contributed by atoms with E-state index >= 15 is 0 Å². The SMILES string of the molecule is N#CCC([N+](=O)[O-])[N+](=O)[O-]. The Labute approximate surface area is 55.2 Å². The molecule has 0 aliphatic heterocycles. The van der Waals surface area contributed by atoms with E-state index in [0.29, 0.717) is 0 Å². The van der Waals surface area contributed by atoms with Gasteiger partial charge in [-0.2, -0.15) is 5.26 Å². The second kappa shape index (κ2) is 3.34. The molecule has 7 nitrogen and oxygen atoms in total. The van der Waals surface area contributed by atoms with Crippen LogP contribution in [-0.4, -0.2) is 16.0 Å². The topological polar surface area (TPSA) is 110 Å². The minimum absolute atomic E-state index is 0.694. The lowest BCUT2D eigenvalue weighted by Gasteiger charge is -1.93. The molecule has 7 heteroatoms. The van der Waals surface area contributed by atoms with E-state index in [2.05, 4.69) is 0 Å². The molecule has 0 radical (unpaired) electrons. The molecule has 54 valence electrons. The van der Waals surface area contributed by atoms with Crippen molar-refractivity contribution in [2.24, 2.45) is 0 Å². The van der Waals surface area contributed by atoms with Gasteiger partial charge < -0.3 is 0 Å². The zero-order valence-corrected chi connectivity index (χ0v) is 4.76. The van der Waals surface area contributed by atoms with Gasteiger partial charge in [-0.25, -0.2) is 0 Å². The Hall–Kier alpha value is -1.71. The van der Waals surface area contributed by atoms with Gasteiger partial charge in [-0.1, -0.05) is 0 Å². The lowest BCUT2D eigenvalue weighted by Crippen LogP contribution is -2.27. The largest absolute Gasteiger partial charge is 0.463 e. The van der Waals surface area contributed by atoms with Crippen LogP contribution in [0.15, 0.2) is 0 Å². The van der Waals surface area contributed by atoms with E-state index in [-0.39, 0.29) is 0 Å². The van der Waals surface area contributed by atoms with Crippen LogP contribution < -0.4 is 0 Å². The van der Waals surface area contributed by atoms with Crippen molar-refractivity contribution >= 4 is 0 Å².